The van der Waals surface area contributed by atoms with Gasteiger partial charge in [-0.05, 0) is 99.8 Å². The van der Waals surface area contributed by atoms with Crippen molar-refractivity contribution in [1.82, 2.24) is 24.6 Å². The number of fused-ring (bicyclic) bond motifs is 2. The van der Waals surface area contributed by atoms with Gasteiger partial charge in [0.05, 0.1) is 17.8 Å². The van der Waals surface area contributed by atoms with Crippen LogP contribution in [0.25, 0.3) is 10.9 Å². The lowest BCUT2D eigenvalue weighted by molar-refractivity contribution is 0.221. The van der Waals surface area contributed by atoms with Crippen LogP contribution in [0.1, 0.15) is 53.8 Å². The van der Waals surface area contributed by atoms with Crippen molar-refractivity contribution in [3.05, 3.63) is 62.7 Å². The average molecular weight is 448 g/mol. The van der Waals surface area contributed by atoms with E-state index in [9.17, 15) is 4.79 Å². The maximum Gasteiger partial charge on any atom is 0.255 e. The van der Waals surface area contributed by atoms with Crippen molar-refractivity contribution in [3.63, 3.8) is 0 Å². The van der Waals surface area contributed by atoms with Crippen molar-refractivity contribution in [2.24, 2.45) is 0 Å². The number of aromatic nitrogens is 3. The highest BCUT2D eigenvalue weighted by Crippen LogP contribution is 2.27. The number of nitrogens with one attached hydrogen (secondary N) is 1. The summed E-state index contributed by atoms with van der Waals surface area (Å²) in [6.45, 7) is 10.4. The third kappa shape index (κ3) is 4.92. The molecule has 3 heterocycles. The van der Waals surface area contributed by atoms with E-state index in [0.717, 1.165) is 68.9 Å². The van der Waals surface area contributed by atoms with Crippen molar-refractivity contribution >= 4 is 10.9 Å². The molecule has 1 aromatic carbocycles. The fraction of sp³-hybridized carbons (Fsp3) is 0.556. The average Bonchev–Trinajstić information content (AvgIpc) is 3.40. The van der Waals surface area contributed by atoms with Crippen LogP contribution in [0, 0.1) is 13.8 Å². The lowest BCUT2D eigenvalue weighted by Crippen LogP contribution is -2.36. The van der Waals surface area contributed by atoms with Gasteiger partial charge in [-0.1, -0.05) is 6.42 Å². The first-order chi connectivity index (χ1) is 16.1. The van der Waals surface area contributed by atoms with Crippen LogP contribution in [0.15, 0.2) is 29.1 Å². The molecule has 33 heavy (non-hydrogen) atoms. The first kappa shape index (κ1) is 22.4. The van der Waals surface area contributed by atoms with Gasteiger partial charge in [0.1, 0.15) is 0 Å². The Bertz CT molecular complexity index is 1190. The zero-order chi connectivity index (χ0) is 22.8. The maximum atomic E-state index is 13.6. The number of nitrogens with zero attached hydrogens (tertiary/aromatic N) is 4. The van der Waals surface area contributed by atoms with Gasteiger partial charge in [-0.15, -0.1) is 0 Å². The van der Waals surface area contributed by atoms with Gasteiger partial charge in [0.15, 0.2) is 0 Å². The fourth-order valence-corrected chi connectivity index (χ4v) is 5.59. The summed E-state index contributed by atoms with van der Waals surface area (Å²) >= 11 is 0. The van der Waals surface area contributed by atoms with E-state index in [1.54, 1.807) is 0 Å². The SMILES string of the molecule is Cc1cc(C)n(CCNCc2cc3cc4c(cc3n(CCN3CCCCC3)c2=O)CCC4)n1. The van der Waals surface area contributed by atoms with Crippen molar-refractivity contribution in [3.8, 4) is 0 Å². The largest absolute Gasteiger partial charge is 0.311 e. The number of rotatable bonds is 8. The Morgan fingerprint density at radius 2 is 1.70 bits per heavy atom. The van der Waals surface area contributed by atoms with E-state index >= 15 is 0 Å². The highest BCUT2D eigenvalue weighted by Gasteiger charge is 2.17. The summed E-state index contributed by atoms with van der Waals surface area (Å²) in [5.74, 6) is 0. The molecule has 3 aromatic rings. The topological polar surface area (TPSA) is 55.1 Å². The number of hydrogen-bond donors (Lipinski definition) is 1. The van der Waals surface area contributed by atoms with E-state index in [2.05, 4.69) is 51.1 Å². The monoisotopic (exact) mass is 447 g/mol. The van der Waals surface area contributed by atoms with Crippen LogP contribution in [0.3, 0.4) is 0 Å². The molecule has 5 rings (SSSR count). The minimum absolute atomic E-state index is 0.163. The van der Waals surface area contributed by atoms with E-state index in [1.165, 1.54) is 47.9 Å². The molecule has 6 nitrogen and oxygen atoms in total. The fourth-order valence-electron chi connectivity index (χ4n) is 5.59. The van der Waals surface area contributed by atoms with Crippen LogP contribution >= 0.6 is 0 Å². The summed E-state index contributed by atoms with van der Waals surface area (Å²) < 4.78 is 4.09. The molecule has 0 spiro atoms. The van der Waals surface area contributed by atoms with Gasteiger partial charge in [-0.25, -0.2) is 0 Å². The van der Waals surface area contributed by atoms with Gasteiger partial charge < -0.3 is 14.8 Å². The molecule has 2 aliphatic rings. The van der Waals surface area contributed by atoms with Crippen LogP contribution in [0.5, 0.6) is 0 Å². The first-order valence-electron chi connectivity index (χ1n) is 12.7. The molecule has 0 atom stereocenters. The van der Waals surface area contributed by atoms with Crippen LogP contribution in [0.2, 0.25) is 0 Å². The maximum absolute atomic E-state index is 13.6. The Morgan fingerprint density at radius 1 is 0.909 bits per heavy atom. The number of pyridine rings is 1. The summed E-state index contributed by atoms with van der Waals surface area (Å²) in [4.78, 5) is 16.1. The van der Waals surface area contributed by atoms with Gasteiger partial charge in [-0.3, -0.25) is 9.48 Å². The predicted octanol–water partition coefficient (Wildman–Crippen LogP) is 3.58. The lowest BCUT2D eigenvalue weighted by atomic mass is 10.0. The van der Waals surface area contributed by atoms with Crippen LogP contribution in [-0.2, 0) is 32.5 Å². The van der Waals surface area contributed by atoms with Crippen LogP contribution in [0.4, 0.5) is 0 Å². The van der Waals surface area contributed by atoms with Gasteiger partial charge in [-0.2, -0.15) is 5.10 Å². The van der Waals surface area contributed by atoms with Crippen molar-refractivity contribution < 1.29 is 0 Å². The molecule has 176 valence electrons. The summed E-state index contributed by atoms with van der Waals surface area (Å²) in [5.41, 5.74) is 7.27. The second kappa shape index (κ2) is 9.82. The number of piperidine rings is 1. The Balaban J connectivity index is 1.36. The molecule has 0 saturated carbocycles. The van der Waals surface area contributed by atoms with Crippen LogP contribution in [-0.4, -0.2) is 45.4 Å². The lowest BCUT2D eigenvalue weighted by Gasteiger charge is -2.27. The van der Waals surface area contributed by atoms with E-state index in [1.807, 2.05) is 11.6 Å². The molecule has 1 aliphatic heterocycles. The molecule has 1 N–H and O–H groups in total. The quantitative estimate of drug-likeness (QED) is 0.537. The van der Waals surface area contributed by atoms with E-state index in [4.69, 9.17) is 0 Å². The number of likely N-dealkylation sites (tertiary alicyclic amines) is 1. The third-order valence-corrected chi connectivity index (χ3v) is 7.39. The number of hydrogen-bond acceptors (Lipinski definition) is 4. The number of aryl methyl sites for hydroxylation is 4. The minimum atomic E-state index is 0.163. The van der Waals surface area contributed by atoms with Crippen molar-refractivity contribution in [2.45, 2.75) is 72.0 Å². The van der Waals surface area contributed by atoms with E-state index in [-0.39, 0.29) is 5.56 Å². The second-order valence-corrected chi connectivity index (χ2v) is 9.89. The highest BCUT2D eigenvalue weighted by molar-refractivity contribution is 5.82. The molecule has 6 heteroatoms. The smallest absolute Gasteiger partial charge is 0.255 e. The molecule has 1 saturated heterocycles. The Hall–Kier alpha value is -2.44. The predicted molar refractivity (Wildman–Crippen MR) is 134 cm³/mol. The molecular formula is C27H37N5O. The zero-order valence-electron chi connectivity index (χ0n) is 20.2. The molecule has 0 bridgehead atoms. The molecular weight excluding hydrogens is 410 g/mol. The van der Waals surface area contributed by atoms with Crippen LogP contribution < -0.4 is 10.9 Å². The standard InChI is InChI=1S/C27H37N5O/c1-20-15-21(2)32(29-20)12-9-28-19-25-17-24-16-22-7-6-8-23(22)18-26(24)31(27(25)33)14-13-30-10-4-3-5-11-30/h15-18,28H,3-14,19H2,1-2H3. The van der Waals surface area contributed by atoms with Gasteiger partial charge in [0, 0.05) is 37.4 Å². The van der Waals surface area contributed by atoms with E-state index < -0.39 is 0 Å². The van der Waals surface area contributed by atoms with Gasteiger partial charge in [0.25, 0.3) is 5.56 Å². The summed E-state index contributed by atoms with van der Waals surface area (Å²) in [6.07, 6.45) is 7.43. The molecule has 0 amide bonds. The molecule has 1 fully saturated rings. The van der Waals surface area contributed by atoms with Gasteiger partial charge >= 0.3 is 0 Å². The molecule has 0 unspecified atom stereocenters. The summed E-state index contributed by atoms with van der Waals surface area (Å²) in [7, 11) is 0. The second-order valence-electron chi connectivity index (χ2n) is 9.89. The summed E-state index contributed by atoms with van der Waals surface area (Å²) in [5, 5.41) is 9.24. The van der Waals surface area contributed by atoms with Crippen molar-refractivity contribution in [1.29, 1.82) is 0 Å². The summed E-state index contributed by atoms with van der Waals surface area (Å²) in [6, 6.07) is 8.87. The zero-order valence-corrected chi connectivity index (χ0v) is 20.2. The highest BCUT2D eigenvalue weighted by atomic mass is 16.1. The van der Waals surface area contributed by atoms with Gasteiger partial charge in [0.2, 0.25) is 0 Å². The third-order valence-electron chi connectivity index (χ3n) is 7.39. The number of benzene rings is 1. The van der Waals surface area contributed by atoms with E-state index in [0.29, 0.717) is 6.54 Å². The Morgan fingerprint density at radius 3 is 2.45 bits per heavy atom. The normalized spacial score (nSPS) is 16.5. The Labute approximate surface area is 196 Å². The van der Waals surface area contributed by atoms with Crippen molar-refractivity contribution in [2.75, 3.05) is 26.2 Å². The first-order valence-corrected chi connectivity index (χ1v) is 12.7. The molecule has 0 radical (unpaired) electrons. The minimum Gasteiger partial charge on any atom is -0.311 e. The Kier molecular flexibility index (Phi) is 6.65. The molecule has 1 aliphatic carbocycles. The molecule has 2 aromatic heterocycles.